The number of rotatable bonds is 8. The van der Waals surface area contributed by atoms with E-state index in [1.54, 1.807) is 20.4 Å². The standard InChI is InChI=1S/C27H30N4O4/c1-4-35-26-13-21-17(11-25(26)34-3)9-10-31(27(32)23-15-28-16-30-23)24(21)8-5-18-14-29-22-7-6-19(33-2)12-20(18)22/h6-7,11-16,24,29H,4-5,8-10H2,1-3H3,(H,28,30). The molecule has 0 saturated carbocycles. The zero-order chi connectivity index (χ0) is 24.4. The molecule has 0 fully saturated rings. The van der Waals surface area contributed by atoms with Crippen molar-refractivity contribution in [1.82, 2.24) is 19.9 Å². The van der Waals surface area contributed by atoms with Gasteiger partial charge in [-0.1, -0.05) is 0 Å². The summed E-state index contributed by atoms with van der Waals surface area (Å²) < 4.78 is 16.9. The van der Waals surface area contributed by atoms with Crippen LogP contribution in [0.1, 0.15) is 46.6 Å². The monoisotopic (exact) mass is 474 g/mol. The van der Waals surface area contributed by atoms with Gasteiger partial charge < -0.3 is 29.1 Å². The predicted octanol–water partition coefficient (Wildman–Crippen LogP) is 4.68. The van der Waals surface area contributed by atoms with Gasteiger partial charge in [-0.3, -0.25) is 4.79 Å². The molecule has 4 aromatic rings. The number of carbonyl (C=O) groups excluding carboxylic acids is 1. The molecule has 1 aliphatic heterocycles. The molecule has 0 saturated heterocycles. The zero-order valence-electron chi connectivity index (χ0n) is 20.3. The molecular formula is C27H30N4O4. The number of fused-ring (bicyclic) bond motifs is 2. The van der Waals surface area contributed by atoms with Gasteiger partial charge >= 0.3 is 0 Å². The number of hydrogen-bond acceptors (Lipinski definition) is 5. The third-order valence-corrected chi connectivity index (χ3v) is 6.73. The molecule has 182 valence electrons. The maximum atomic E-state index is 13.4. The van der Waals surface area contributed by atoms with Crippen molar-refractivity contribution in [3.63, 3.8) is 0 Å². The van der Waals surface area contributed by atoms with Crippen molar-refractivity contribution in [2.24, 2.45) is 0 Å². The Hall–Kier alpha value is -3.94. The molecule has 2 aromatic heterocycles. The first-order valence-electron chi connectivity index (χ1n) is 11.9. The molecule has 3 heterocycles. The summed E-state index contributed by atoms with van der Waals surface area (Å²) in [6, 6.07) is 10.0. The van der Waals surface area contributed by atoms with Crippen molar-refractivity contribution in [3.05, 3.63) is 71.4 Å². The van der Waals surface area contributed by atoms with E-state index in [1.807, 2.05) is 30.0 Å². The molecule has 1 unspecified atom stereocenters. The number of aryl methyl sites for hydroxylation is 1. The highest BCUT2D eigenvalue weighted by Gasteiger charge is 2.33. The van der Waals surface area contributed by atoms with Gasteiger partial charge in [0.1, 0.15) is 11.4 Å². The minimum Gasteiger partial charge on any atom is -0.497 e. The maximum Gasteiger partial charge on any atom is 0.272 e. The van der Waals surface area contributed by atoms with Crippen LogP contribution < -0.4 is 14.2 Å². The second-order valence-electron chi connectivity index (χ2n) is 8.63. The number of nitrogens with one attached hydrogen (secondary N) is 2. The van der Waals surface area contributed by atoms with Gasteiger partial charge in [0.15, 0.2) is 11.5 Å². The molecule has 35 heavy (non-hydrogen) atoms. The first-order valence-corrected chi connectivity index (χ1v) is 11.9. The van der Waals surface area contributed by atoms with Crippen LogP contribution in [-0.2, 0) is 12.8 Å². The molecule has 1 aliphatic rings. The van der Waals surface area contributed by atoms with Crippen LogP contribution in [0.2, 0.25) is 0 Å². The van der Waals surface area contributed by atoms with Crippen molar-refractivity contribution in [3.8, 4) is 17.2 Å². The van der Waals surface area contributed by atoms with E-state index < -0.39 is 0 Å². The Morgan fingerprint density at radius 2 is 2.03 bits per heavy atom. The minimum absolute atomic E-state index is 0.0486. The molecule has 2 aromatic carbocycles. The predicted molar refractivity (Wildman–Crippen MR) is 133 cm³/mol. The maximum absolute atomic E-state index is 13.4. The summed E-state index contributed by atoms with van der Waals surface area (Å²) in [5, 5.41) is 1.14. The number of ether oxygens (including phenoxy) is 3. The highest BCUT2D eigenvalue weighted by Crippen LogP contribution is 2.41. The summed E-state index contributed by atoms with van der Waals surface area (Å²) >= 11 is 0. The van der Waals surface area contributed by atoms with Gasteiger partial charge in [-0.2, -0.15) is 0 Å². The highest BCUT2D eigenvalue weighted by molar-refractivity contribution is 5.92. The van der Waals surface area contributed by atoms with E-state index in [2.05, 4.69) is 33.3 Å². The molecule has 1 amide bonds. The Balaban J connectivity index is 1.52. The molecule has 0 radical (unpaired) electrons. The van der Waals surface area contributed by atoms with Gasteiger partial charge in [0.2, 0.25) is 0 Å². The van der Waals surface area contributed by atoms with E-state index in [0.29, 0.717) is 24.6 Å². The number of methoxy groups -OCH3 is 2. The summed E-state index contributed by atoms with van der Waals surface area (Å²) in [6.45, 7) is 3.11. The number of imidazole rings is 1. The molecule has 1 atom stereocenters. The van der Waals surface area contributed by atoms with E-state index >= 15 is 0 Å². The quantitative estimate of drug-likeness (QED) is 0.387. The van der Waals surface area contributed by atoms with Gasteiger partial charge in [-0.25, -0.2) is 4.98 Å². The number of benzene rings is 2. The fourth-order valence-electron chi connectivity index (χ4n) is 5.00. The minimum atomic E-state index is -0.116. The Morgan fingerprint density at radius 3 is 2.77 bits per heavy atom. The van der Waals surface area contributed by atoms with E-state index in [1.165, 1.54) is 17.5 Å². The second kappa shape index (κ2) is 9.74. The van der Waals surface area contributed by atoms with Crippen LogP contribution in [0, 0.1) is 0 Å². The lowest BCUT2D eigenvalue weighted by atomic mass is 9.88. The van der Waals surface area contributed by atoms with E-state index in [4.69, 9.17) is 14.2 Å². The first kappa shape index (κ1) is 22.8. The van der Waals surface area contributed by atoms with Crippen molar-refractivity contribution in [2.75, 3.05) is 27.4 Å². The SMILES string of the molecule is CCOc1cc2c(cc1OC)CCN(C(=O)c1cnc[nH]1)C2CCc1c[nH]c2ccc(OC)cc12. The van der Waals surface area contributed by atoms with Crippen LogP contribution in [-0.4, -0.2) is 53.1 Å². The van der Waals surface area contributed by atoms with Crippen LogP contribution in [0.25, 0.3) is 10.9 Å². The highest BCUT2D eigenvalue weighted by atomic mass is 16.5. The van der Waals surface area contributed by atoms with Crippen molar-refractivity contribution >= 4 is 16.8 Å². The molecule has 2 N–H and O–H groups in total. The largest absolute Gasteiger partial charge is 0.497 e. The van der Waals surface area contributed by atoms with E-state index in [0.717, 1.165) is 47.2 Å². The Kier molecular flexibility index (Phi) is 6.35. The van der Waals surface area contributed by atoms with E-state index in [-0.39, 0.29) is 11.9 Å². The van der Waals surface area contributed by atoms with Gasteiger partial charge in [0, 0.05) is 23.6 Å². The third kappa shape index (κ3) is 4.32. The summed E-state index contributed by atoms with van der Waals surface area (Å²) in [4.78, 5) is 25.8. The van der Waals surface area contributed by atoms with Gasteiger partial charge in [-0.15, -0.1) is 0 Å². The molecule has 5 rings (SSSR count). The number of carbonyl (C=O) groups is 1. The normalized spacial score (nSPS) is 15.2. The molecule has 0 aliphatic carbocycles. The number of aromatic amines is 2. The fourth-order valence-corrected chi connectivity index (χ4v) is 5.00. The van der Waals surface area contributed by atoms with Crippen LogP contribution in [0.4, 0.5) is 0 Å². The average molecular weight is 475 g/mol. The molecular weight excluding hydrogens is 444 g/mol. The van der Waals surface area contributed by atoms with Crippen LogP contribution in [0.3, 0.4) is 0 Å². The molecule has 0 bridgehead atoms. The Labute approximate surface area is 204 Å². The van der Waals surface area contributed by atoms with Gasteiger partial charge in [0.05, 0.1) is 39.4 Å². The van der Waals surface area contributed by atoms with Crippen LogP contribution in [0.5, 0.6) is 17.2 Å². The third-order valence-electron chi connectivity index (χ3n) is 6.73. The summed E-state index contributed by atoms with van der Waals surface area (Å²) in [5.41, 5.74) is 5.04. The fraction of sp³-hybridized carbons (Fsp3) is 0.333. The number of amides is 1. The lowest BCUT2D eigenvalue weighted by Crippen LogP contribution is -2.40. The van der Waals surface area contributed by atoms with Crippen molar-refractivity contribution in [1.29, 1.82) is 0 Å². The average Bonchev–Trinajstić information content (AvgIpc) is 3.56. The first-order chi connectivity index (χ1) is 17.1. The number of aromatic nitrogens is 3. The lowest BCUT2D eigenvalue weighted by Gasteiger charge is -2.38. The Morgan fingerprint density at radius 1 is 1.14 bits per heavy atom. The van der Waals surface area contributed by atoms with Crippen LogP contribution >= 0.6 is 0 Å². The summed E-state index contributed by atoms with van der Waals surface area (Å²) in [6.07, 6.45) is 7.47. The number of H-pyrrole nitrogens is 2. The van der Waals surface area contributed by atoms with Gasteiger partial charge in [-0.05, 0) is 73.2 Å². The number of hydrogen-bond donors (Lipinski definition) is 2. The van der Waals surface area contributed by atoms with E-state index in [9.17, 15) is 4.79 Å². The summed E-state index contributed by atoms with van der Waals surface area (Å²) in [5.74, 6) is 2.20. The van der Waals surface area contributed by atoms with Crippen molar-refractivity contribution < 1.29 is 19.0 Å². The van der Waals surface area contributed by atoms with Gasteiger partial charge in [0.25, 0.3) is 5.91 Å². The summed E-state index contributed by atoms with van der Waals surface area (Å²) in [7, 11) is 3.33. The topological polar surface area (TPSA) is 92.5 Å². The lowest BCUT2D eigenvalue weighted by molar-refractivity contribution is 0.0644. The zero-order valence-corrected chi connectivity index (χ0v) is 20.3. The van der Waals surface area contributed by atoms with Crippen molar-refractivity contribution in [2.45, 2.75) is 32.2 Å². The second-order valence-corrected chi connectivity index (χ2v) is 8.63. The molecule has 8 heteroatoms. The smallest absolute Gasteiger partial charge is 0.272 e. The Bertz CT molecular complexity index is 1330. The molecule has 0 spiro atoms. The van der Waals surface area contributed by atoms with Crippen LogP contribution in [0.15, 0.2) is 49.1 Å². The molecule has 8 nitrogen and oxygen atoms in total. The number of nitrogens with zero attached hydrogens (tertiary/aromatic N) is 2.